The van der Waals surface area contributed by atoms with Crippen LogP contribution >= 0.6 is 102 Å². The molecule has 3 aliphatic rings. The summed E-state index contributed by atoms with van der Waals surface area (Å²) in [4.78, 5) is 24.9. The molecule has 0 saturated carbocycles. The summed E-state index contributed by atoms with van der Waals surface area (Å²) in [6, 6.07) is 57.0. The highest BCUT2D eigenvalue weighted by Crippen LogP contribution is 2.69. The van der Waals surface area contributed by atoms with Gasteiger partial charge in [0.15, 0.2) is 0 Å². The number of thiophene rings is 9. The molecule has 3 aliphatic heterocycles. The van der Waals surface area contributed by atoms with Crippen LogP contribution < -0.4 is 4.90 Å². The van der Waals surface area contributed by atoms with E-state index in [-0.39, 0.29) is 16.7 Å². The number of benzene rings is 3. The van der Waals surface area contributed by atoms with Crippen molar-refractivity contribution in [2.45, 2.75) is 292 Å². The summed E-state index contributed by atoms with van der Waals surface area (Å²) in [5.74, 6) is 0. The molecule has 3 aromatic carbocycles. The van der Waals surface area contributed by atoms with E-state index >= 15 is 0 Å². The molecule has 12 heterocycles. The second kappa shape index (κ2) is 41.4. The van der Waals surface area contributed by atoms with Crippen LogP contribution in [0.5, 0.6) is 0 Å². The Bertz CT molecular complexity index is 5660. The van der Waals surface area contributed by atoms with Gasteiger partial charge in [-0.15, -0.1) is 102 Å². The summed E-state index contributed by atoms with van der Waals surface area (Å²) in [6.07, 6.45) is 39.2. The molecular formula is C111H117N7S9. The number of rotatable bonds is 42. The summed E-state index contributed by atoms with van der Waals surface area (Å²) >= 11 is 16.7. The SMILES string of the molecule is CCCCCCc1cc(C=C(C#N)C#N)sc1-c1ccc(-c2sc(-c3cc4c5c(c3)C(C)(C)c3cc(-c6cc(CCCCCC)c(-c7ccc(-c8sc(C=C(C#N)C#N)cc8CCCCCC)s7)s6)cc6c3N5c3c(cc(-c5cc(CCCCCC)c(-c7ccc(-c8sc(C=C(C#N)C#N)cc8CCCCCC)s7)s5)cc3C6(C)C)C4(C)C)cc2CCCCCC)s1. The van der Waals surface area contributed by atoms with E-state index in [2.05, 4.69) is 234 Å². The van der Waals surface area contributed by atoms with Crippen LogP contribution in [0.15, 0.2) is 126 Å². The number of nitrogens with zero attached hydrogens (tertiary/aromatic N) is 7. The van der Waals surface area contributed by atoms with Gasteiger partial charge in [0.25, 0.3) is 0 Å². The van der Waals surface area contributed by atoms with Gasteiger partial charge in [0.1, 0.15) is 53.1 Å². The summed E-state index contributed by atoms with van der Waals surface area (Å²) in [7, 11) is 0. The molecule has 7 nitrogen and oxygen atoms in total. The minimum Gasteiger partial charge on any atom is -0.309 e. The third-order valence-electron chi connectivity index (χ3n) is 26.3. The second-order valence-corrected chi connectivity index (χ2v) is 46.2. The first-order valence-corrected chi connectivity index (χ1v) is 54.0. The molecule has 0 spiro atoms. The lowest BCUT2D eigenvalue weighted by Gasteiger charge is -2.55. The van der Waals surface area contributed by atoms with Gasteiger partial charge in [-0.2, -0.15) is 31.6 Å². The van der Waals surface area contributed by atoms with Gasteiger partial charge >= 0.3 is 0 Å². The average molecular weight is 1840 g/mol. The Morgan fingerprint density at radius 3 is 0.646 bits per heavy atom. The van der Waals surface area contributed by atoms with Gasteiger partial charge in [0.05, 0.1) is 17.1 Å². The molecule has 9 aromatic heterocycles. The zero-order valence-electron chi connectivity index (χ0n) is 76.1. The predicted octanol–water partition coefficient (Wildman–Crippen LogP) is 36.7. The number of hydrogen-bond donors (Lipinski definition) is 0. The summed E-state index contributed by atoms with van der Waals surface area (Å²) in [5.41, 5.74) is 23.1. The van der Waals surface area contributed by atoms with E-state index in [0.29, 0.717) is 0 Å². The van der Waals surface area contributed by atoms with Gasteiger partial charge in [-0.1, -0.05) is 199 Å². The molecule has 0 fully saturated rings. The Kier molecular flexibility index (Phi) is 30.2. The Labute approximate surface area is 792 Å². The van der Waals surface area contributed by atoms with E-state index in [1.165, 1.54) is 289 Å². The van der Waals surface area contributed by atoms with Crippen LogP contribution in [0.25, 0.3) is 108 Å². The van der Waals surface area contributed by atoms with Crippen molar-refractivity contribution < 1.29 is 0 Å². The average Bonchev–Trinajstić information content (AvgIpc) is 1.06. The highest BCUT2D eigenvalue weighted by molar-refractivity contribution is 7.29. The molecule has 0 saturated heterocycles. The first-order chi connectivity index (χ1) is 61.7. The third-order valence-corrected chi connectivity index (χ3v) is 37.7. The van der Waals surface area contributed by atoms with Gasteiger partial charge in [0, 0.05) is 104 Å². The van der Waals surface area contributed by atoms with Gasteiger partial charge in [-0.3, -0.25) is 0 Å². The number of anilines is 3. The van der Waals surface area contributed by atoms with E-state index < -0.39 is 16.2 Å². The molecule has 12 aromatic rings. The molecule has 0 amide bonds. The molecule has 15 rings (SSSR count). The highest BCUT2D eigenvalue weighted by Gasteiger charge is 2.53. The maximum atomic E-state index is 9.91. The number of hydrogen-bond acceptors (Lipinski definition) is 16. The van der Waals surface area contributed by atoms with Gasteiger partial charge in [-0.25, -0.2) is 0 Å². The molecular weight excluding hydrogens is 1720 g/mol. The minimum absolute atomic E-state index is 0.130. The Morgan fingerprint density at radius 1 is 0.252 bits per heavy atom. The van der Waals surface area contributed by atoms with Gasteiger partial charge in [-0.05, 0) is 288 Å². The van der Waals surface area contributed by atoms with Crippen LogP contribution in [0, 0.1) is 68.0 Å². The van der Waals surface area contributed by atoms with Gasteiger partial charge in [0.2, 0.25) is 0 Å². The van der Waals surface area contributed by atoms with Crippen molar-refractivity contribution in [3.05, 3.63) is 207 Å². The van der Waals surface area contributed by atoms with Crippen molar-refractivity contribution in [1.82, 2.24) is 0 Å². The molecule has 0 bridgehead atoms. The topological polar surface area (TPSA) is 146 Å². The molecule has 0 unspecified atom stereocenters. The number of nitriles is 6. The van der Waals surface area contributed by atoms with Crippen LogP contribution in [-0.4, -0.2) is 0 Å². The first-order valence-electron chi connectivity index (χ1n) is 46.7. The standard InChI is InChI=1S/C111H117N7S9/c1-13-19-25-31-37-73-52-82(49-70(64-112)65-113)119-103(73)91-43-46-94(122-91)106-76(40-34-28-22-16-4)61-97(125-106)79-55-85-100-86(56-79)110(9,10)88-58-81(99-63-78(42-36-30-24-18-6)108(127-99)96-48-45-93(124-96)105-75(39-33-27-21-15-3)54-84(121-105)51-72(68-116)69-117)60-90-102(88)118(100)101-87(109(85,7)8)57-80(59-89(101)111(90,11)12)98-62-77(41-35-29-23-17-5)107(126-98)95-47-44-92(123-95)104-74(38-32-26-20-14-2)53-83(120-104)50-71(66-114)67-115/h43-63H,13-42H2,1-12H3. The molecule has 16 heteroatoms. The van der Waals surface area contributed by atoms with E-state index in [1.807, 2.05) is 68.0 Å². The maximum absolute atomic E-state index is 9.91. The van der Waals surface area contributed by atoms with Gasteiger partial charge < -0.3 is 4.90 Å². The van der Waals surface area contributed by atoms with Crippen molar-refractivity contribution in [3.8, 4) is 126 Å². The first kappa shape index (κ1) is 92.6. The fourth-order valence-electron chi connectivity index (χ4n) is 19.2. The zero-order valence-corrected chi connectivity index (χ0v) is 83.5. The van der Waals surface area contributed by atoms with E-state index in [4.69, 9.17) is 0 Å². The smallest absolute Gasteiger partial charge is 0.131 e. The van der Waals surface area contributed by atoms with Crippen molar-refractivity contribution in [2.24, 2.45) is 0 Å². The summed E-state index contributed by atoms with van der Waals surface area (Å²) < 4.78 is 0. The number of unbranched alkanes of at least 4 members (excludes halogenated alkanes) is 18. The molecule has 0 radical (unpaired) electrons. The highest BCUT2D eigenvalue weighted by atomic mass is 32.1. The quantitative estimate of drug-likeness (QED) is 0.0273. The number of aryl methyl sites for hydroxylation is 6. The lowest BCUT2D eigenvalue weighted by molar-refractivity contribution is 0.567. The number of allylic oxidation sites excluding steroid dienone is 3. The predicted molar refractivity (Wildman–Crippen MR) is 552 cm³/mol. The Morgan fingerprint density at radius 2 is 0.449 bits per heavy atom. The summed E-state index contributed by atoms with van der Waals surface area (Å²) in [6.45, 7) is 28.9. The lowest BCUT2D eigenvalue weighted by Crippen LogP contribution is -2.43. The van der Waals surface area contributed by atoms with Crippen LogP contribution in [-0.2, 0) is 54.8 Å². The molecule has 0 aliphatic carbocycles. The molecule has 0 atom stereocenters. The normalized spacial score (nSPS) is 13.3. The third kappa shape index (κ3) is 19.4. The minimum atomic E-state index is -0.455. The fraction of sp³-hybridized carbons (Fsp3) is 0.405. The molecule has 0 N–H and O–H groups in total. The fourth-order valence-corrected chi connectivity index (χ4v) is 30.2. The maximum Gasteiger partial charge on any atom is 0.131 e. The Hall–Kier alpha value is -9.08. The van der Waals surface area contributed by atoms with E-state index in [0.717, 1.165) is 91.7 Å². The van der Waals surface area contributed by atoms with Crippen LogP contribution in [0.2, 0.25) is 0 Å². The Balaban J connectivity index is 0.912. The second-order valence-electron chi connectivity index (χ2n) is 36.6. The molecule has 127 heavy (non-hydrogen) atoms. The summed E-state index contributed by atoms with van der Waals surface area (Å²) in [5, 5.41) is 59.4. The van der Waals surface area contributed by atoms with E-state index in [1.54, 1.807) is 52.2 Å². The van der Waals surface area contributed by atoms with Crippen molar-refractivity contribution >= 4 is 137 Å². The van der Waals surface area contributed by atoms with Crippen molar-refractivity contribution in [3.63, 3.8) is 0 Å². The molecule has 650 valence electrons. The lowest BCUT2D eigenvalue weighted by atomic mass is 9.60. The largest absolute Gasteiger partial charge is 0.309 e. The van der Waals surface area contributed by atoms with Crippen molar-refractivity contribution in [1.29, 1.82) is 31.6 Å². The van der Waals surface area contributed by atoms with Crippen LogP contribution in [0.4, 0.5) is 17.1 Å². The van der Waals surface area contributed by atoms with Crippen molar-refractivity contribution in [2.75, 3.05) is 4.90 Å². The van der Waals surface area contributed by atoms with Crippen LogP contribution in [0.3, 0.4) is 0 Å². The van der Waals surface area contributed by atoms with E-state index in [9.17, 15) is 31.6 Å². The monoisotopic (exact) mass is 1840 g/mol. The zero-order chi connectivity index (χ0) is 89.3. The van der Waals surface area contributed by atoms with Crippen LogP contribution in [0.1, 0.15) is 319 Å².